The van der Waals surface area contributed by atoms with E-state index in [-0.39, 0.29) is 29.1 Å². The van der Waals surface area contributed by atoms with E-state index in [4.69, 9.17) is 0 Å². The molecule has 11 heteroatoms. The lowest BCUT2D eigenvalue weighted by Crippen LogP contribution is -2.50. The van der Waals surface area contributed by atoms with Crippen molar-refractivity contribution in [2.24, 2.45) is 5.92 Å². The molecule has 3 aromatic rings. The Bertz CT molecular complexity index is 1320. The fraction of sp³-hybridized carbons (Fsp3) is 0.500. The third-order valence-electron chi connectivity index (χ3n) is 8.00. The number of benzene rings is 2. The van der Waals surface area contributed by atoms with Gasteiger partial charge in [0.05, 0.1) is 30.9 Å². The minimum Gasteiger partial charge on any atom is -0.390 e. The zero-order valence-electron chi connectivity index (χ0n) is 21.4. The van der Waals surface area contributed by atoms with Crippen molar-refractivity contribution in [2.75, 3.05) is 39.5 Å². The molecule has 2 aliphatic heterocycles. The summed E-state index contributed by atoms with van der Waals surface area (Å²) in [6.45, 7) is 0.210. The van der Waals surface area contributed by atoms with Crippen LogP contribution >= 0.6 is 0 Å². The normalized spacial score (nSPS) is 21.8. The van der Waals surface area contributed by atoms with E-state index in [1.165, 1.54) is 17.0 Å². The summed E-state index contributed by atoms with van der Waals surface area (Å²) < 4.78 is 87.5. The van der Waals surface area contributed by atoms with Gasteiger partial charge in [-0.15, -0.1) is 0 Å². The maximum absolute atomic E-state index is 15.8. The summed E-state index contributed by atoms with van der Waals surface area (Å²) in [6, 6.07) is 4.44. The highest BCUT2D eigenvalue weighted by Crippen LogP contribution is 2.44. The second kappa shape index (κ2) is 10.8. The Morgan fingerprint density at radius 2 is 1.79 bits per heavy atom. The van der Waals surface area contributed by atoms with Gasteiger partial charge in [0.2, 0.25) is 0 Å². The smallest absolute Gasteiger partial charge is 0.283 e. The Morgan fingerprint density at radius 1 is 1.10 bits per heavy atom. The Hall–Kier alpha value is -2.60. The third kappa shape index (κ3) is 5.17. The second-order valence-electron chi connectivity index (χ2n) is 10.7. The highest BCUT2D eigenvalue weighted by molar-refractivity contribution is 5.86. The van der Waals surface area contributed by atoms with Crippen molar-refractivity contribution in [2.45, 2.75) is 43.9 Å². The highest BCUT2D eigenvalue weighted by atomic mass is 19.3. The fourth-order valence-corrected chi connectivity index (χ4v) is 6.00. The summed E-state index contributed by atoms with van der Waals surface area (Å²) in [6.07, 6.45) is -0.578. The lowest BCUT2D eigenvalue weighted by Gasteiger charge is -2.43. The predicted molar refractivity (Wildman–Crippen MR) is 134 cm³/mol. The van der Waals surface area contributed by atoms with E-state index in [0.717, 1.165) is 12.1 Å². The van der Waals surface area contributed by atoms with Crippen molar-refractivity contribution < 1.29 is 36.6 Å². The molecule has 2 aromatic carbocycles. The Balaban J connectivity index is 1.55. The standard InChI is InChI=1S/C28H31F6N3O2/c1-15-8-19-18-4-2-5-20(30)24(18)35-25(19)26(37(15)13-28(33,34)14-38)23-21(31)9-16(10-22(23)32)27(39)17-11-36(12-17)7-3-6-29/h2,4-5,9-10,15,17,26-27,35,38-39H,3,6-8,11-14H2,1H3/t15-,26-,27?/m1/s1. The first-order valence-electron chi connectivity index (χ1n) is 13.0. The van der Waals surface area contributed by atoms with Crippen LogP contribution in [0.5, 0.6) is 0 Å². The number of aromatic amines is 1. The van der Waals surface area contributed by atoms with E-state index in [0.29, 0.717) is 37.0 Å². The summed E-state index contributed by atoms with van der Waals surface area (Å²) in [7, 11) is 0. The minimum absolute atomic E-state index is 0.0166. The van der Waals surface area contributed by atoms with Gasteiger partial charge in [-0.2, -0.15) is 0 Å². The summed E-state index contributed by atoms with van der Waals surface area (Å²) in [4.78, 5) is 6.06. The number of halogens is 6. The molecule has 5 nitrogen and oxygen atoms in total. The molecule has 1 aromatic heterocycles. The quantitative estimate of drug-likeness (QED) is 0.330. The molecule has 0 bridgehead atoms. The van der Waals surface area contributed by atoms with Crippen molar-refractivity contribution in [3.05, 3.63) is 70.2 Å². The van der Waals surface area contributed by atoms with Gasteiger partial charge < -0.3 is 20.1 Å². The first kappa shape index (κ1) is 27.9. The van der Waals surface area contributed by atoms with E-state index in [2.05, 4.69) is 4.98 Å². The van der Waals surface area contributed by atoms with Crippen LogP contribution in [-0.2, 0) is 6.42 Å². The van der Waals surface area contributed by atoms with Crippen LogP contribution in [0.25, 0.3) is 10.9 Å². The zero-order valence-corrected chi connectivity index (χ0v) is 21.4. The number of fused-ring (bicyclic) bond motifs is 3. The number of likely N-dealkylation sites (tertiary alicyclic amines) is 1. The first-order valence-corrected chi connectivity index (χ1v) is 13.0. The zero-order chi connectivity index (χ0) is 28.1. The molecule has 0 radical (unpaired) electrons. The van der Waals surface area contributed by atoms with Crippen LogP contribution in [0.4, 0.5) is 26.3 Å². The van der Waals surface area contributed by atoms with E-state index in [1.807, 2.05) is 4.90 Å². The average Bonchev–Trinajstić information content (AvgIpc) is 3.23. The van der Waals surface area contributed by atoms with Gasteiger partial charge in [-0.3, -0.25) is 9.29 Å². The monoisotopic (exact) mass is 555 g/mol. The summed E-state index contributed by atoms with van der Waals surface area (Å²) in [5, 5.41) is 20.5. The average molecular weight is 556 g/mol. The molecule has 3 atom stereocenters. The number of alkyl halides is 3. The lowest BCUT2D eigenvalue weighted by atomic mass is 9.85. The number of nitrogens with zero attached hydrogens (tertiary/aromatic N) is 2. The van der Waals surface area contributed by atoms with Crippen molar-refractivity contribution in [1.82, 2.24) is 14.8 Å². The lowest BCUT2D eigenvalue weighted by molar-refractivity contribution is -0.0869. The van der Waals surface area contributed by atoms with Gasteiger partial charge in [-0.05, 0) is 49.1 Å². The molecule has 1 fully saturated rings. The summed E-state index contributed by atoms with van der Waals surface area (Å²) in [5.41, 5.74) is 0.415. The van der Waals surface area contributed by atoms with Crippen LogP contribution < -0.4 is 0 Å². The first-order chi connectivity index (χ1) is 18.5. The van der Waals surface area contributed by atoms with Crippen molar-refractivity contribution in [3.8, 4) is 0 Å². The van der Waals surface area contributed by atoms with E-state index in [1.54, 1.807) is 13.0 Å². The Morgan fingerprint density at radius 3 is 2.44 bits per heavy atom. The molecule has 3 heterocycles. The van der Waals surface area contributed by atoms with Crippen LogP contribution in [-0.4, -0.2) is 76.4 Å². The number of H-pyrrole nitrogens is 1. The maximum Gasteiger partial charge on any atom is 0.283 e. The van der Waals surface area contributed by atoms with Gasteiger partial charge in [0, 0.05) is 48.2 Å². The van der Waals surface area contributed by atoms with Gasteiger partial charge in [0.25, 0.3) is 5.92 Å². The molecule has 39 heavy (non-hydrogen) atoms. The maximum atomic E-state index is 15.8. The topological polar surface area (TPSA) is 62.7 Å². The Labute approximate surface area is 222 Å². The molecule has 0 amide bonds. The van der Waals surface area contributed by atoms with E-state index >= 15 is 8.78 Å². The molecule has 3 N–H and O–H groups in total. The van der Waals surface area contributed by atoms with Crippen LogP contribution in [0.2, 0.25) is 0 Å². The van der Waals surface area contributed by atoms with Crippen LogP contribution in [0, 0.1) is 23.4 Å². The van der Waals surface area contributed by atoms with Crippen LogP contribution in [0.1, 0.15) is 47.9 Å². The minimum atomic E-state index is -3.55. The number of hydrogen-bond acceptors (Lipinski definition) is 4. The molecule has 0 aliphatic carbocycles. The molecule has 0 spiro atoms. The van der Waals surface area contributed by atoms with Crippen LogP contribution in [0.3, 0.4) is 0 Å². The largest absolute Gasteiger partial charge is 0.390 e. The van der Waals surface area contributed by atoms with Gasteiger partial charge in [0.1, 0.15) is 24.1 Å². The number of aliphatic hydroxyl groups excluding tert-OH is 2. The van der Waals surface area contributed by atoms with Gasteiger partial charge in [-0.25, -0.2) is 22.0 Å². The SMILES string of the molecule is C[C@@H]1Cc2c([nH]c3c(F)cccc23)[C@@H](c2c(F)cc(C(O)C3CN(CCCF)C3)cc2F)N1CC(F)(F)CO. The summed E-state index contributed by atoms with van der Waals surface area (Å²) in [5.74, 6) is -6.48. The van der Waals surface area contributed by atoms with Crippen molar-refractivity contribution >= 4 is 10.9 Å². The second-order valence-corrected chi connectivity index (χ2v) is 10.7. The number of aliphatic hydroxyl groups is 2. The van der Waals surface area contributed by atoms with Crippen molar-refractivity contribution in [3.63, 3.8) is 0 Å². The molecule has 2 aliphatic rings. The van der Waals surface area contributed by atoms with Gasteiger partial charge >= 0.3 is 0 Å². The van der Waals surface area contributed by atoms with Crippen LogP contribution in [0.15, 0.2) is 30.3 Å². The van der Waals surface area contributed by atoms with E-state index < -0.39 is 67.0 Å². The number of para-hydroxylation sites is 1. The highest BCUT2D eigenvalue weighted by Gasteiger charge is 2.44. The van der Waals surface area contributed by atoms with Crippen molar-refractivity contribution in [1.29, 1.82) is 0 Å². The fourth-order valence-electron chi connectivity index (χ4n) is 6.00. The number of nitrogens with one attached hydrogen (secondary N) is 1. The van der Waals surface area contributed by atoms with Gasteiger partial charge in [-0.1, -0.05) is 12.1 Å². The summed E-state index contributed by atoms with van der Waals surface area (Å²) >= 11 is 0. The number of hydrogen-bond donors (Lipinski definition) is 3. The predicted octanol–water partition coefficient (Wildman–Crippen LogP) is 4.87. The number of rotatable bonds is 9. The number of aromatic nitrogens is 1. The molecule has 212 valence electrons. The molecule has 5 rings (SSSR count). The third-order valence-corrected chi connectivity index (χ3v) is 8.00. The molecule has 1 unspecified atom stereocenters. The molecular formula is C28H31F6N3O2. The van der Waals surface area contributed by atoms with Gasteiger partial charge in [0.15, 0.2) is 0 Å². The Kier molecular flexibility index (Phi) is 7.71. The van der Waals surface area contributed by atoms with E-state index in [9.17, 15) is 27.8 Å². The molecule has 0 saturated carbocycles. The molecule has 1 saturated heterocycles. The molecular weight excluding hydrogens is 524 g/mol.